The van der Waals surface area contributed by atoms with Crippen LogP contribution < -0.4 is 11.1 Å². The molecule has 0 spiro atoms. The van der Waals surface area contributed by atoms with Gasteiger partial charge in [-0.1, -0.05) is 25.1 Å². The Labute approximate surface area is 91.9 Å². The second-order valence-electron chi connectivity index (χ2n) is 5.09. The lowest BCUT2D eigenvalue weighted by Gasteiger charge is -2.37. The van der Waals surface area contributed by atoms with Gasteiger partial charge in [0, 0.05) is 12.2 Å². The number of hydrogen-bond donors (Lipinski definition) is 2. The molecule has 0 amide bonds. The van der Waals surface area contributed by atoms with E-state index in [0.717, 1.165) is 0 Å². The van der Waals surface area contributed by atoms with E-state index in [2.05, 4.69) is 43.4 Å². The molecule has 1 aromatic rings. The van der Waals surface area contributed by atoms with Gasteiger partial charge in [0.1, 0.15) is 0 Å². The van der Waals surface area contributed by atoms with Crippen LogP contribution in [-0.2, 0) is 0 Å². The van der Waals surface area contributed by atoms with Gasteiger partial charge in [-0.25, -0.2) is 0 Å². The van der Waals surface area contributed by atoms with E-state index in [0.29, 0.717) is 12.0 Å². The number of hydrogen-bond acceptors (Lipinski definition) is 2. The molecule has 1 atom stereocenters. The van der Waals surface area contributed by atoms with Crippen LogP contribution in [0.15, 0.2) is 30.3 Å². The summed E-state index contributed by atoms with van der Waals surface area (Å²) in [5.74, 6) is 0. The lowest BCUT2D eigenvalue weighted by Crippen LogP contribution is -2.49. The molecule has 0 saturated heterocycles. The van der Waals surface area contributed by atoms with Gasteiger partial charge in [0.05, 0.1) is 5.54 Å². The molecule has 0 radical (unpaired) electrons. The van der Waals surface area contributed by atoms with Crippen LogP contribution in [0.2, 0.25) is 0 Å². The van der Waals surface area contributed by atoms with Crippen molar-refractivity contribution in [1.29, 1.82) is 0 Å². The maximum atomic E-state index is 5.92. The van der Waals surface area contributed by atoms with Crippen molar-refractivity contribution in [3.63, 3.8) is 0 Å². The molecule has 3 N–H and O–H groups in total. The van der Waals surface area contributed by atoms with E-state index in [-0.39, 0.29) is 5.54 Å². The number of benzene rings is 1. The molecule has 1 unspecified atom stereocenters. The van der Waals surface area contributed by atoms with Gasteiger partial charge in [0.2, 0.25) is 0 Å². The van der Waals surface area contributed by atoms with Gasteiger partial charge in [0.25, 0.3) is 0 Å². The Morgan fingerprint density at radius 3 is 2.40 bits per heavy atom. The highest BCUT2D eigenvalue weighted by molar-refractivity contribution is 5.46. The summed E-state index contributed by atoms with van der Waals surface area (Å²) in [7, 11) is 0. The zero-order chi connectivity index (χ0) is 10.9. The van der Waals surface area contributed by atoms with Crippen LogP contribution in [0, 0.1) is 5.41 Å². The van der Waals surface area contributed by atoms with E-state index in [1.807, 2.05) is 6.07 Å². The molecule has 82 valence electrons. The maximum absolute atomic E-state index is 5.92. The van der Waals surface area contributed by atoms with Crippen molar-refractivity contribution >= 4 is 5.69 Å². The summed E-state index contributed by atoms with van der Waals surface area (Å²) in [5, 5.41) is 3.58. The summed E-state index contributed by atoms with van der Waals surface area (Å²) in [5.41, 5.74) is 7.48. The molecule has 0 heterocycles. The summed E-state index contributed by atoms with van der Waals surface area (Å²) in [4.78, 5) is 0. The molecule has 1 aliphatic carbocycles. The second-order valence-corrected chi connectivity index (χ2v) is 5.09. The van der Waals surface area contributed by atoms with E-state index in [1.54, 1.807) is 0 Å². The fraction of sp³-hybridized carbons (Fsp3) is 0.538. The fourth-order valence-corrected chi connectivity index (χ4v) is 2.03. The minimum absolute atomic E-state index is 0.0222. The number of nitrogens with two attached hydrogens (primary N) is 1. The molecule has 0 aromatic heterocycles. The van der Waals surface area contributed by atoms with Gasteiger partial charge in [0.15, 0.2) is 0 Å². The highest BCUT2D eigenvalue weighted by Gasteiger charge is 2.52. The molecule has 0 aliphatic heterocycles. The summed E-state index contributed by atoms with van der Waals surface area (Å²) in [6.45, 7) is 5.22. The third kappa shape index (κ3) is 1.86. The first-order valence-electron chi connectivity index (χ1n) is 5.63. The zero-order valence-corrected chi connectivity index (χ0v) is 9.59. The lowest BCUT2D eigenvalue weighted by atomic mass is 9.83. The average Bonchev–Trinajstić information content (AvgIpc) is 2.99. The summed E-state index contributed by atoms with van der Waals surface area (Å²) in [6.07, 6.45) is 2.56. The third-order valence-electron chi connectivity index (χ3n) is 3.93. The van der Waals surface area contributed by atoms with E-state index < -0.39 is 0 Å². The van der Waals surface area contributed by atoms with Crippen LogP contribution in [-0.4, -0.2) is 12.1 Å². The SMILES string of the molecule is CC1(C(C)(CN)Nc2ccccc2)CC1. The van der Waals surface area contributed by atoms with Gasteiger partial charge in [-0.3, -0.25) is 0 Å². The average molecular weight is 204 g/mol. The van der Waals surface area contributed by atoms with Crippen LogP contribution >= 0.6 is 0 Å². The Morgan fingerprint density at radius 2 is 1.93 bits per heavy atom. The molecule has 15 heavy (non-hydrogen) atoms. The number of nitrogens with one attached hydrogen (secondary N) is 1. The number of para-hydroxylation sites is 1. The predicted octanol–water partition coefficient (Wildman–Crippen LogP) is 2.62. The molecule has 1 aromatic carbocycles. The Bertz CT molecular complexity index is 330. The molecule has 2 nitrogen and oxygen atoms in total. The van der Waals surface area contributed by atoms with Crippen molar-refractivity contribution in [1.82, 2.24) is 0 Å². The quantitative estimate of drug-likeness (QED) is 0.791. The largest absolute Gasteiger partial charge is 0.378 e. The monoisotopic (exact) mass is 204 g/mol. The van der Waals surface area contributed by atoms with Crippen molar-refractivity contribution in [3.05, 3.63) is 30.3 Å². The van der Waals surface area contributed by atoms with E-state index >= 15 is 0 Å². The first-order chi connectivity index (χ1) is 7.10. The molecule has 1 fully saturated rings. The molecule has 1 saturated carbocycles. The van der Waals surface area contributed by atoms with Crippen LogP contribution in [0.25, 0.3) is 0 Å². The van der Waals surface area contributed by atoms with Crippen molar-refractivity contribution in [2.24, 2.45) is 11.1 Å². The Morgan fingerprint density at radius 1 is 1.33 bits per heavy atom. The van der Waals surface area contributed by atoms with Crippen LogP contribution in [0.4, 0.5) is 5.69 Å². The van der Waals surface area contributed by atoms with Crippen molar-refractivity contribution < 1.29 is 0 Å². The van der Waals surface area contributed by atoms with Crippen molar-refractivity contribution in [3.8, 4) is 0 Å². The molecule has 0 bridgehead atoms. The normalized spacial score (nSPS) is 21.8. The van der Waals surface area contributed by atoms with Gasteiger partial charge in [-0.15, -0.1) is 0 Å². The molecule has 2 rings (SSSR count). The highest BCUT2D eigenvalue weighted by Crippen LogP contribution is 2.54. The molecular formula is C13H20N2. The van der Waals surface area contributed by atoms with Crippen LogP contribution in [0.5, 0.6) is 0 Å². The van der Waals surface area contributed by atoms with Crippen LogP contribution in [0.3, 0.4) is 0 Å². The minimum Gasteiger partial charge on any atom is -0.378 e. The standard InChI is InChI=1S/C13H20N2/c1-12(8-9-12)13(2,10-14)15-11-6-4-3-5-7-11/h3-7,15H,8-10,14H2,1-2H3. The van der Waals surface area contributed by atoms with Gasteiger partial charge >= 0.3 is 0 Å². The summed E-state index contributed by atoms with van der Waals surface area (Å²) in [6, 6.07) is 10.3. The zero-order valence-electron chi connectivity index (χ0n) is 9.59. The first kappa shape index (κ1) is 10.5. The van der Waals surface area contributed by atoms with Crippen molar-refractivity contribution in [2.75, 3.05) is 11.9 Å². The second kappa shape index (κ2) is 3.53. The maximum Gasteiger partial charge on any atom is 0.0520 e. The number of rotatable bonds is 4. The predicted molar refractivity (Wildman–Crippen MR) is 64.9 cm³/mol. The fourth-order valence-electron chi connectivity index (χ4n) is 2.03. The van der Waals surface area contributed by atoms with Gasteiger partial charge < -0.3 is 11.1 Å². The Kier molecular flexibility index (Phi) is 2.47. The molecular weight excluding hydrogens is 184 g/mol. The van der Waals surface area contributed by atoms with Crippen LogP contribution in [0.1, 0.15) is 26.7 Å². The van der Waals surface area contributed by atoms with E-state index in [4.69, 9.17) is 5.73 Å². The minimum atomic E-state index is 0.0222. The summed E-state index contributed by atoms with van der Waals surface area (Å²) >= 11 is 0. The van der Waals surface area contributed by atoms with Gasteiger partial charge in [-0.05, 0) is 37.3 Å². The lowest BCUT2D eigenvalue weighted by molar-refractivity contribution is 0.333. The highest BCUT2D eigenvalue weighted by atomic mass is 15.0. The van der Waals surface area contributed by atoms with Gasteiger partial charge in [-0.2, -0.15) is 0 Å². The van der Waals surface area contributed by atoms with E-state index in [9.17, 15) is 0 Å². The van der Waals surface area contributed by atoms with E-state index in [1.165, 1.54) is 18.5 Å². The smallest absolute Gasteiger partial charge is 0.0520 e. The molecule has 2 heteroatoms. The van der Waals surface area contributed by atoms with Crippen molar-refractivity contribution in [2.45, 2.75) is 32.2 Å². The Balaban J connectivity index is 2.15. The summed E-state index contributed by atoms with van der Waals surface area (Å²) < 4.78 is 0. The topological polar surface area (TPSA) is 38.0 Å². The molecule has 1 aliphatic rings. The number of anilines is 1. The first-order valence-corrected chi connectivity index (χ1v) is 5.63. The Hall–Kier alpha value is -1.02. The third-order valence-corrected chi connectivity index (χ3v) is 3.93.